The number of anilines is 2. The number of nitrogens with zero attached hydrogens (tertiary/aromatic N) is 1. The minimum absolute atomic E-state index is 0.0338. The highest BCUT2D eigenvalue weighted by molar-refractivity contribution is 5.97. The van der Waals surface area contributed by atoms with Crippen molar-refractivity contribution in [2.24, 2.45) is 0 Å². The van der Waals surface area contributed by atoms with Crippen LogP contribution in [0.25, 0.3) is 33.4 Å². The Hall–Kier alpha value is -6.26. The van der Waals surface area contributed by atoms with Crippen LogP contribution in [0.4, 0.5) is 17.1 Å². The summed E-state index contributed by atoms with van der Waals surface area (Å²) < 4.78 is 0. The van der Waals surface area contributed by atoms with Crippen LogP contribution in [0.15, 0.2) is 152 Å². The molecule has 0 bridgehead atoms. The summed E-state index contributed by atoms with van der Waals surface area (Å²) in [5.74, 6) is 0. The van der Waals surface area contributed by atoms with Crippen molar-refractivity contribution in [1.82, 2.24) is 0 Å². The van der Waals surface area contributed by atoms with Gasteiger partial charge in [0.25, 0.3) is 5.69 Å². The molecular formula is C52H46N2O2. The number of hydrogen-bond acceptors (Lipinski definition) is 3. The van der Waals surface area contributed by atoms with Gasteiger partial charge in [-0.3, -0.25) is 10.1 Å². The molecule has 7 aromatic rings. The summed E-state index contributed by atoms with van der Waals surface area (Å²) in [5.41, 5.74) is 17.7. The minimum atomic E-state index is -0.444. The van der Waals surface area contributed by atoms with E-state index in [0.717, 1.165) is 34.4 Å². The number of rotatable bonds is 5. The van der Waals surface area contributed by atoms with Crippen LogP contribution in [0.5, 0.6) is 0 Å². The largest absolute Gasteiger partial charge is 0.349 e. The summed E-state index contributed by atoms with van der Waals surface area (Å²) in [6.45, 7) is 13.5. The fourth-order valence-electron chi connectivity index (χ4n) is 9.15. The Morgan fingerprint density at radius 2 is 1.04 bits per heavy atom. The molecule has 9 rings (SSSR count). The van der Waals surface area contributed by atoms with E-state index in [2.05, 4.69) is 174 Å². The van der Waals surface area contributed by atoms with Gasteiger partial charge < -0.3 is 5.32 Å². The molecule has 0 saturated heterocycles. The number of fused-ring (bicyclic) bond motifs is 9. The molecule has 0 heterocycles. The van der Waals surface area contributed by atoms with Crippen molar-refractivity contribution < 1.29 is 4.92 Å². The van der Waals surface area contributed by atoms with E-state index >= 15 is 0 Å². The maximum Gasteiger partial charge on any atom is 0.292 e. The fraction of sp³-hybridized carbons (Fsp3) is 0.192. The maximum absolute atomic E-state index is 12.4. The summed E-state index contributed by atoms with van der Waals surface area (Å²) in [5, 5.41) is 16.0. The molecule has 0 amide bonds. The van der Waals surface area contributed by atoms with E-state index in [0.29, 0.717) is 5.69 Å². The summed E-state index contributed by atoms with van der Waals surface area (Å²) in [4.78, 5) is 12.1. The number of nitrogens with one attached hydrogen (secondary N) is 1. The third-order valence-electron chi connectivity index (χ3n) is 12.0. The zero-order chi connectivity index (χ0) is 39.0. The molecule has 0 fully saturated rings. The molecule has 0 aromatic heterocycles. The zero-order valence-electron chi connectivity index (χ0n) is 32.9. The number of nitro groups is 1. The summed E-state index contributed by atoms with van der Waals surface area (Å²) >= 11 is 0. The van der Waals surface area contributed by atoms with Crippen LogP contribution in [0.3, 0.4) is 0 Å². The number of hydrogen-bond donors (Lipinski definition) is 1. The second-order valence-corrected chi connectivity index (χ2v) is 17.5. The topological polar surface area (TPSA) is 55.2 Å². The van der Waals surface area contributed by atoms with Crippen LogP contribution in [0, 0.1) is 10.1 Å². The van der Waals surface area contributed by atoms with Crippen LogP contribution in [0.2, 0.25) is 0 Å². The lowest BCUT2D eigenvalue weighted by Crippen LogP contribution is -2.34. The molecule has 276 valence electrons. The van der Waals surface area contributed by atoms with Crippen molar-refractivity contribution in [1.29, 1.82) is 0 Å². The van der Waals surface area contributed by atoms with Crippen LogP contribution in [-0.4, -0.2) is 4.92 Å². The first-order valence-electron chi connectivity index (χ1n) is 19.6. The van der Waals surface area contributed by atoms with Crippen molar-refractivity contribution in [2.75, 3.05) is 5.32 Å². The van der Waals surface area contributed by atoms with Crippen molar-refractivity contribution >= 4 is 17.1 Å². The van der Waals surface area contributed by atoms with E-state index < -0.39 is 5.41 Å². The smallest absolute Gasteiger partial charge is 0.292 e. The molecule has 0 atom stereocenters. The van der Waals surface area contributed by atoms with Crippen molar-refractivity contribution in [3.63, 3.8) is 0 Å². The summed E-state index contributed by atoms with van der Waals surface area (Å²) in [6.07, 6.45) is 0.907. The normalized spacial score (nSPS) is 13.8. The average molecular weight is 731 g/mol. The summed E-state index contributed by atoms with van der Waals surface area (Å²) in [7, 11) is 0. The molecule has 0 saturated carbocycles. The molecule has 56 heavy (non-hydrogen) atoms. The lowest BCUT2D eigenvalue weighted by atomic mass is 9.61. The Balaban J connectivity index is 1.31. The molecule has 2 aliphatic rings. The van der Waals surface area contributed by atoms with Gasteiger partial charge in [-0.25, -0.2) is 0 Å². The lowest BCUT2D eigenvalue weighted by Gasteiger charge is -2.40. The Labute approximate surface area is 330 Å². The van der Waals surface area contributed by atoms with Gasteiger partial charge in [-0.1, -0.05) is 175 Å². The second-order valence-electron chi connectivity index (χ2n) is 17.5. The van der Waals surface area contributed by atoms with E-state index in [4.69, 9.17) is 0 Å². The van der Waals surface area contributed by atoms with E-state index in [1.54, 1.807) is 18.2 Å². The molecule has 4 nitrogen and oxygen atoms in total. The quantitative estimate of drug-likeness (QED) is 0.142. The van der Waals surface area contributed by atoms with Crippen molar-refractivity contribution in [3.05, 3.63) is 206 Å². The number of nitro benzene ring substituents is 1. The minimum Gasteiger partial charge on any atom is -0.349 e. The second kappa shape index (κ2) is 12.9. The highest BCUT2D eigenvalue weighted by Gasteiger charge is 2.49. The molecule has 0 unspecified atom stereocenters. The van der Waals surface area contributed by atoms with Gasteiger partial charge in [0.2, 0.25) is 0 Å². The van der Waals surface area contributed by atoms with Gasteiger partial charge in [0, 0.05) is 17.2 Å². The predicted octanol–water partition coefficient (Wildman–Crippen LogP) is 13.5. The van der Waals surface area contributed by atoms with E-state index in [1.807, 2.05) is 6.07 Å². The van der Waals surface area contributed by atoms with E-state index in [9.17, 15) is 10.1 Å². The monoisotopic (exact) mass is 730 g/mol. The predicted molar refractivity (Wildman–Crippen MR) is 231 cm³/mol. The van der Waals surface area contributed by atoms with Gasteiger partial charge in [0.15, 0.2) is 0 Å². The van der Waals surface area contributed by atoms with Gasteiger partial charge >= 0.3 is 0 Å². The summed E-state index contributed by atoms with van der Waals surface area (Å²) in [6, 6.07) is 53.9. The van der Waals surface area contributed by atoms with Crippen LogP contribution in [0.1, 0.15) is 86.1 Å². The fourth-order valence-corrected chi connectivity index (χ4v) is 9.15. The SMILES string of the molecule is CC(C)(C)c1cc(-c2cccc(-c3ccc4c(c3)-c3ccccc3C43c4ccccc4Cc4ccccc43)c2Nc2ccccc2[N+](=O)[O-])cc(C(C)(C)C)c1. The Bertz CT molecular complexity index is 2630. The van der Waals surface area contributed by atoms with Crippen LogP contribution < -0.4 is 5.32 Å². The van der Waals surface area contributed by atoms with E-state index in [-0.39, 0.29) is 21.4 Å². The van der Waals surface area contributed by atoms with Crippen LogP contribution in [-0.2, 0) is 22.7 Å². The van der Waals surface area contributed by atoms with Gasteiger partial charge in [-0.2, -0.15) is 0 Å². The lowest BCUT2D eigenvalue weighted by molar-refractivity contribution is -0.383. The van der Waals surface area contributed by atoms with Gasteiger partial charge in [-0.05, 0) is 96.1 Å². The first-order valence-corrected chi connectivity index (χ1v) is 19.6. The molecule has 7 aromatic carbocycles. The number of benzene rings is 7. The third kappa shape index (κ3) is 5.58. The first kappa shape index (κ1) is 35.4. The van der Waals surface area contributed by atoms with Crippen LogP contribution >= 0.6 is 0 Å². The average Bonchev–Trinajstić information content (AvgIpc) is 3.47. The van der Waals surface area contributed by atoms with Gasteiger partial charge in [0.05, 0.1) is 16.0 Å². The van der Waals surface area contributed by atoms with Gasteiger partial charge in [0.1, 0.15) is 5.69 Å². The highest BCUT2D eigenvalue weighted by Crippen LogP contribution is 2.60. The molecule has 1 N–H and O–H groups in total. The molecule has 4 heteroatoms. The van der Waals surface area contributed by atoms with Gasteiger partial charge in [-0.15, -0.1) is 0 Å². The van der Waals surface area contributed by atoms with Crippen molar-refractivity contribution in [2.45, 2.75) is 64.2 Å². The maximum atomic E-state index is 12.4. The molecule has 0 aliphatic heterocycles. The van der Waals surface area contributed by atoms with E-state index in [1.165, 1.54) is 55.6 Å². The molecule has 0 radical (unpaired) electrons. The Kier molecular flexibility index (Phi) is 8.17. The third-order valence-corrected chi connectivity index (χ3v) is 12.0. The van der Waals surface area contributed by atoms with Crippen molar-refractivity contribution in [3.8, 4) is 33.4 Å². The zero-order valence-corrected chi connectivity index (χ0v) is 32.9. The number of para-hydroxylation sites is 3. The highest BCUT2D eigenvalue weighted by atomic mass is 16.6. The Morgan fingerprint density at radius 1 is 0.518 bits per heavy atom. The molecule has 2 aliphatic carbocycles. The molecular weight excluding hydrogens is 685 g/mol. The first-order chi connectivity index (χ1) is 26.9. The standard InChI is InChI=1S/C52H46N2O2/c1-50(2,3)37-29-36(30-38(32-37)51(4,5)6)40-20-15-19-39(49(40)53-47-24-13-14-25-48(47)54(55)56)33-26-27-46-42(31-33)41-18-9-12-23-45(41)52(46)43-21-10-7-16-34(43)28-35-17-8-11-22-44(35)52/h7-27,29-32,53H,28H2,1-6H3. The molecule has 1 spiro atoms. The Morgan fingerprint density at radius 3 is 1.66 bits per heavy atom.